The standard InChI is InChI=1S/C22H34BrNO7/c1-13(2)18-21(4,5)31-20(28)24(18)19(27)14(3)17-15(26)12-16(23)22(29,30-17)10-8-6-7-9-11-25/h12-14,17-18,25,29H,6-11H2,1-5H3/t14-,17-,18-,22+/m0/s1. The van der Waals surface area contributed by atoms with Crippen molar-refractivity contribution in [1.82, 2.24) is 4.90 Å². The Bertz CT molecular complexity index is 735. The highest BCUT2D eigenvalue weighted by Gasteiger charge is 2.54. The Hall–Kier alpha value is -1.29. The maximum absolute atomic E-state index is 13.3. The second-order valence-electron chi connectivity index (χ2n) is 9.26. The second kappa shape index (κ2) is 10.1. The van der Waals surface area contributed by atoms with E-state index in [0.29, 0.717) is 12.8 Å². The monoisotopic (exact) mass is 503 g/mol. The topological polar surface area (TPSA) is 113 Å². The Kier molecular flexibility index (Phi) is 8.46. The molecular formula is C22H34BrNO7. The molecule has 8 nitrogen and oxygen atoms in total. The van der Waals surface area contributed by atoms with E-state index in [9.17, 15) is 19.5 Å². The summed E-state index contributed by atoms with van der Waals surface area (Å²) >= 11 is 3.22. The molecule has 2 amide bonds. The van der Waals surface area contributed by atoms with Crippen LogP contribution in [0, 0.1) is 11.8 Å². The highest BCUT2D eigenvalue weighted by molar-refractivity contribution is 9.11. The van der Waals surface area contributed by atoms with E-state index in [-0.39, 0.29) is 23.4 Å². The van der Waals surface area contributed by atoms with Crippen LogP contribution < -0.4 is 0 Å². The van der Waals surface area contributed by atoms with E-state index in [0.717, 1.165) is 17.7 Å². The van der Waals surface area contributed by atoms with Crippen molar-refractivity contribution in [3.63, 3.8) is 0 Å². The van der Waals surface area contributed by atoms with Crippen LogP contribution in [-0.2, 0) is 19.1 Å². The number of ketones is 1. The minimum atomic E-state index is -1.73. The maximum Gasteiger partial charge on any atom is 0.417 e. The molecule has 0 aromatic rings. The predicted octanol–water partition coefficient (Wildman–Crippen LogP) is 3.28. The molecule has 31 heavy (non-hydrogen) atoms. The Morgan fingerprint density at radius 1 is 1.19 bits per heavy atom. The van der Waals surface area contributed by atoms with E-state index in [1.165, 1.54) is 13.0 Å². The molecule has 2 aliphatic rings. The molecule has 2 aliphatic heterocycles. The zero-order chi connectivity index (χ0) is 23.6. The fraction of sp³-hybridized carbons (Fsp3) is 0.773. The van der Waals surface area contributed by atoms with Gasteiger partial charge in [-0.1, -0.05) is 33.6 Å². The zero-order valence-electron chi connectivity index (χ0n) is 18.9. The number of aliphatic hydroxyl groups excluding tert-OH is 1. The van der Waals surface area contributed by atoms with E-state index in [4.69, 9.17) is 14.6 Å². The van der Waals surface area contributed by atoms with Gasteiger partial charge in [0.25, 0.3) is 0 Å². The fourth-order valence-electron chi connectivity index (χ4n) is 4.44. The lowest BCUT2D eigenvalue weighted by Gasteiger charge is -2.38. The van der Waals surface area contributed by atoms with Gasteiger partial charge in [-0.3, -0.25) is 9.59 Å². The SMILES string of the molecule is CC(C)[C@@H]1N(C(=O)[C@@H](C)[C@@H]2O[C@](O)(CCCCCCO)C(Br)=CC2=O)C(=O)OC1(C)C. The molecule has 2 heterocycles. The van der Waals surface area contributed by atoms with E-state index in [1.54, 1.807) is 13.8 Å². The number of rotatable bonds is 9. The van der Waals surface area contributed by atoms with Crippen molar-refractivity contribution in [3.05, 3.63) is 10.6 Å². The van der Waals surface area contributed by atoms with Crippen molar-refractivity contribution in [2.24, 2.45) is 11.8 Å². The molecule has 1 fully saturated rings. The second-order valence-corrected chi connectivity index (χ2v) is 10.1. The van der Waals surface area contributed by atoms with E-state index < -0.39 is 47.2 Å². The molecule has 176 valence electrons. The first-order chi connectivity index (χ1) is 14.4. The van der Waals surface area contributed by atoms with E-state index in [1.807, 2.05) is 13.8 Å². The molecule has 2 N–H and O–H groups in total. The molecule has 2 rings (SSSR count). The van der Waals surface area contributed by atoms with Crippen molar-refractivity contribution in [1.29, 1.82) is 0 Å². The number of cyclic esters (lactones) is 1. The third-order valence-electron chi connectivity index (χ3n) is 5.92. The number of hydrogen-bond acceptors (Lipinski definition) is 7. The van der Waals surface area contributed by atoms with Crippen molar-refractivity contribution >= 4 is 33.7 Å². The number of unbranched alkanes of at least 4 members (excludes halogenated alkanes) is 3. The largest absolute Gasteiger partial charge is 0.441 e. The lowest BCUT2D eigenvalue weighted by Crippen LogP contribution is -2.54. The zero-order valence-corrected chi connectivity index (χ0v) is 20.5. The summed E-state index contributed by atoms with van der Waals surface area (Å²) in [5.74, 6) is -3.79. The van der Waals surface area contributed by atoms with Crippen molar-refractivity contribution < 1.29 is 34.1 Å². The third kappa shape index (κ3) is 5.56. The number of nitrogens with zero attached hydrogens (tertiary/aromatic N) is 1. The number of carbonyl (C=O) groups excluding carboxylic acids is 3. The lowest BCUT2D eigenvalue weighted by molar-refractivity contribution is -0.217. The molecular weight excluding hydrogens is 470 g/mol. The fourth-order valence-corrected chi connectivity index (χ4v) is 4.95. The summed E-state index contributed by atoms with van der Waals surface area (Å²) in [4.78, 5) is 39.5. The molecule has 0 aromatic heterocycles. The third-order valence-corrected chi connectivity index (χ3v) is 6.77. The van der Waals surface area contributed by atoms with Crippen LogP contribution in [0.3, 0.4) is 0 Å². The summed E-state index contributed by atoms with van der Waals surface area (Å²) in [6, 6.07) is -0.485. The van der Waals surface area contributed by atoms with E-state index in [2.05, 4.69) is 15.9 Å². The first-order valence-electron chi connectivity index (χ1n) is 10.8. The first kappa shape index (κ1) is 26.0. The van der Waals surface area contributed by atoms with Gasteiger partial charge in [-0.25, -0.2) is 9.69 Å². The first-order valence-corrected chi connectivity index (χ1v) is 11.6. The van der Waals surface area contributed by atoms with Gasteiger partial charge in [-0.15, -0.1) is 0 Å². The Morgan fingerprint density at radius 2 is 1.81 bits per heavy atom. The van der Waals surface area contributed by atoms with Gasteiger partial charge >= 0.3 is 6.09 Å². The molecule has 0 aromatic carbocycles. The van der Waals surface area contributed by atoms with Crippen LogP contribution in [-0.4, -0.2) is 63.0 Å². The number of amides is 2. The van der Waals surface area contributed by atoms with Crippen molar-refractivity contribution in [2.45, 2.75) is 90.3 Å². The Morgan fingerprint density at radius 3 is 2.39 bits per heavy atom. The maximum atomic E-state index is 13.3. The molecule has 9 heteroatoms. The molecule has 0 aliphatic carbocycles. The van der Waals surface area contributed by atoms with Crippen LogP contribution in [0.25, 0.3) is 0 Å². The highest BCUT2D eigenvalue weighted by Crippen LogP contribution is 2.39. The summed E-state index contributed by atoms with van der Waals surface area (Å²) in [5.41, 5.74) is -0.851. The van der Waals surface area contributed by atoms with Crippen LogP contribution >= 0.6 is 15.9 Å². The van der Waals surface area contributed by atoms with Crippen LogP contribution in [0.5, 0.6) is 0 Å². The number of halogens is 1. The lowest BCUT2D eigenvalue weighted by atomic mass is 9.87. The van der Waals surface area contributed by atoms with Gasteiger partial charge in [0.1, 0.15) is 11.7 Å². The Balaban J connectivity index is 2.18. The smallest absolute Gasteiger partial charge is 0.417 e. The molecule has 0 unspecified atom stereocenters. The summed E-state index contributed by atoms with van der Waals surface area (Å²) in [5, 5.41) is 19.9. The van der Waals surface area contributed by atoms with Gasteiger partial charge < -0.3 is 19.7 Å². The summed E-state index contributed by atoms with van der Waals surface area (Å²) in [6.45, 7) is 8.95. The van der Waals surface area contributed by atoms with Crippen LogP contribution in [0.15, 0.2) is 10.6 Å². The van der Waals surface area contributed by atoms with Gasteiger partial charge in [0, 0.05) is 13.0 Å². The number of ether oxygens (including phenoxy) is 2. The molecule has 1 saturated heterocycles. The average Bonchev–Trinajstić information content (AvgIpc) is 2.92. The van der Waals surface area contributed by atoms with Gasteiger partial charge in [-0.2, -0.15) is 0 Å². The van der Waals surface area contributed by atoms with Gasteiger partial charge in [-0.05, 0) is 54.6 Å². The van der Waals surface area contributed by atoms with Crippen LogP contribution in [0.4, 0.5) is 4.79 Å². The molecule has 0 bridgehead atoms. The number of hydrogen-bond donors (Lipinski definition) is 2. The molecule has 0 radical (unpaired) electrons. The van der Waals surface area contributed by atoms with Gasteiger partial charge in [0.2, 0.25) is 5.91 Å². The summed E-state index contributed by atoms with van der Waals surface area (Å²) < 4.78 is 11.4. The van der Waals surface area contributed by atoms with Gasteiger partial charge in [0.15, 0.2) is 11.6 Å². The minimum absolute atomic E-state index is 0.0505. The summed E-state index contributed by atoms with van der Waals surface area (Å²) in [6.07, 6.45) is 2.41. The molecule has 0 saturated carbocycles. The highest BCUT2D eigenvalue weighted by atomic mass is 79.9. The van der Waals surface area contributed by atoms with Crippen LogP contribution in [0.2, 0.25) is 0 Å². The normalized spacial score (nSPS) is 29.2. The van der Waals surface area contributed by atoms with Crippen molar-refractivity contribution in [2.75, 3.05) is 6.61 Å². The predicted molar refractivity (Wildman–Crippen MR) is 117 cm³/mol. The van der Waals surface area contributed by atoms with E-state index >= 15 is 0 Å². The number of imide groups is 1. The van der Waals surface area contributed by atoms with Crippen LogP contribution in [0.1, 0.15) is 66.7 Å². The summed E-state index contributed by atoms with van der Waals surface area (Å²) in [7, 11) is 0. The minimum Gasteiger partial charge on any atom is -0.441 e. The number of aliphatic hydroxyl groups is 2. The quantitative estimate of drug-likeness (QED) is 0.464. The van der Waals surface area contributed by atoms with Gasteiger partial charge in [0.05, 0.1) is 16.4 Å². The molecule has 0 spiro atoms. The van der Waals surface area contributed by atoms with Crippen molar-refractivity contribution in [3.8, 4) is 0 Å². The number of carbonyl (C=O) groups is 3. The average molecular weight is 504 g/mol. The molecule has 4 atom stereocenters. The Labute approximate surface area is 192 Å².